The number of nitro groups is 1. The molecule has 2 aromatic rings. The standard InChI is InChI=1S/C14H18N6O3.ClH/c1-3-15-7-8-16-14(21)13-10(2)19(18-17-13)11-5-4-6-12(9-11)20(22)23;/h4-6,9,15H,3,7-8H2,1-2H3,(H,16,21);1H. The van der Waals surface area contributed by atoms with Crippen LogP contribution in [0.1, 0.15) is 23.1 Å². The van der Waals surface area contributed by atoms with Gasteiger partial charge in [-0.2, -0.15) is 0 Å². The summed E-state index contributed by atoms with van der Waals surface area (Å²) in [6, 6.07) is 6.00. The summed E-state index contributed by atoms with van der Waals surface area (Å²) in [7, 11) is 0. The quantitative estimate of drug-likeness (QED) is 0.439. The van der Waals surface area contributed by atoms with E-state index >= 15 is 0 Å². The van der Waals surface area contributed by atoms with E-state index in [1.165, 1.54) is 16.8 Å². The Balaban J connectivity index is 0.00000288. The number of rotatable bonds is 7. The van der Waals surface area contributed by atoms with Crippen molar-refractivity contribution in [1.82, 2.24) is 25.6 Å². The Morgan fingerprint density at radius 2 is 2.12 bits per heavy atom. The van der Waals surface area contributed by atoms with Gasteiger partial charge in [0.1, 0.15) is 0 Å². The summed E-state index contributed by atoms with van der Waals surface area (Å²) in [4.78, 5) is 22.4. The van der Waals surface area contributed by atoms with Crippen LogP contribution in [0, 0.1) is 17.0 Å². The van der Waals surface area contributed by atoms with Crippen molar-refractivity contribution < 1.29 is 9.72 Å². The summed E-state index contributed by atoms with van der Waals surface area (Å²) in [6.45, 7) is 5.66. The molecule has 1 aromatic carbocycles. The van der Waals surface area contributed by atoms with Crippen LogP contribution >= 0.6 is 12.4 Å². The maximum Gasteiger partial charge on any atom is 0.273 e. The molecule has 0 aliphatic rings. The van der Waals surface area contributed by atoms with Gasteiger partial charge in [0.15, 0.2) is 5.69 Å². The van der Waals surface area contributed by atoms with E-state index in [1.807, 2.05) is 6.92 Å². The minimum atomic E-state index is -0.482. The average molecular weight is 355 g/mol. The summed E-state index contributed by atoms with van der Waals surface area (Å²) in [6.07, 6.45) is 0. The van der Waals surface area contributed by atoms with E-state index in [4.69, 9.17) is 0 Å². The highest BCUT2D eigenvalue weighted by Crippen LogP contribution is 2.18. The maximum absolute atomic E-state index is 12.1. The molecule has 2 N–H and O–H groups in total. The number of aromatic nitrogens is 3. The van der Waals surface area contributed by atoms with Gasteiger partial charge in [-0.15, -0.1) is 17.5 Å². The van der Waals surface area contributed by atoms with Crippen molar-refractivity contribution >= 4 is 24.0 Å². The van der Waals surface area contributed by atoms with Crippen molar-refractivity contribution in [3.63, 3.8) is 0 Å². The largest absolute Gasteiger partial charge is 0.349 e. The van der Waals surface area contributed by atoms with Gasteiger partial charge in [-0.05, 0) is 19.5 Å². The normalized spacial score (nSPS) is 10.1. The van der Waals surface area contributed by atoms with Crippen LogP contribution < -0.4 is 10.6 Å². The van der Waals surface area contributed by atoms with Gasteiger partial charge < -0.3 is 10.6 Å². The number of carbonyl (C=O) groups is 1. The van der Waals surface area contributed by atoms with Crippen LogP contribution in [0.25, 0.3) is 5.69 Å². The topological polar surface area (TPSA) is 115 Å². The molecule has 0 bridgehead atoms. The van der Waals surface area contributed by atoms with E-state index in [0.29, 0.717) is 24.5 Å². The molecule has 0 saturated carbocycles. The Bertz CT molecular complexity index is 718. The molecule has 0 unspecified atom stereocenters. The number of nitrogens with one attached hydrogen (secondary N) is 2. The highest BCUT2D eigenvalue weighted by Gasteiger charge is 2.18. The molecule has 0 fully saturated rings. The van der Waals surface area contributed by atoms with Gasteiger partial charge in [-0.25, -0.2) is 4.68 Å². The van der Waals surface area contributed by atoms with Gasteiger partial charge in [0, 0.05) is 25.2 Å². The third-order valence-corrected chi connectivity index (χ3v) is 3.23. The van der Waals surface area contributed by atoms with Crippen molar-refractivity contribution in [3.05, 3.63) is 45.8 Å². The van der Waals surface area contributed by atoms with Gasteiger partial charge in [-0.1, -0.05) is 18.2 Å². The lowest BCUT2D eigenvalue weighted by molar-refractivity contribution is -0.384. The van der Waals surface area contributed by atoms with E-state index in [1.54, 1.807) is 19.1 Å². The van der Waals surface area contributed by atoms with Crippen molar-refractivity contribution in [1.29, 1.82) is 0 Å². The molecule has 1 amide bonds. The lowest BCUT2D eigenvalue weighted by Crippen LogP contribution is -2.32. The Morgan fingerprint density at radius 3 is 2.79 bits per heavy atom. The molecule has 1 aromatic heterocycles. The van der Waals surface area contributed by atoms with Crippen LogP contribution in [-0.2, 0) is 0 Å². The first-order valence-electron chi connectivity index (χ1n) is 7.20. The molecule has 0 atom stereocenters. The first-order chi connectivity index (χ1) is 11.0. The minimum absolute atomic E-state index is 0. The summed E-state index contributed by atoms with van der Waals surface area (Å²) >= 11 is 0. The highest BCUT2D eigenvalue weighted by atomic mass is 35.5. The number of hydrogen-bond acceptors (Lipinski definition) is 6. The summed E-state index contributed by atoms with van der Waals surface area (Å²) in [5, 5.41) is 24.5. The fraction of sp³-hybridized carbons (Fsp3) is 0.357. The van der Waals surface area contributed by atoms with Gasteiger partial charge in [0.25, 0.3) is 11.6 Å². The molecule has 9 nitrogen and oxygen atoms in total. The van der Waals surface area contributed by atoms with Crippen LogP contribution in [-0.4, -0.2) is 45.5 Å². The fourth-order valence-electron chi connectivity index (χ4n) is 2.05. The Kier molecular flexibility index (Phi) is 7.28. The van der Waals surface area contributed by atoms with E-state index in [9.17, 15) is 14.9 Å². The Morgan fingerprint density at radius 1 is 1.38 bits per heavy atom. The summed E-state index contributed by atoms with van der Waals surface area (Å²) in [5.41, 5.74) is 1.16. The van der Waals surface area contributed by atoms with E-state index < -0.39 is 4.92 Å². The Labute approximate surface area is 145 Å². The molecule has 10 heteroatoms. The molecule has 1 heterocycles. The maximum atomic E-state index is 12.1. The Hall–Kier alpha value is -2.52. The predicted molar refractivity (Wildman–Crippen MR) is 90.9 cm³/mol. The van der Waals surface area contributed by atoms with Crippen LogP contribution in [0.4, 0.5) is 5.69 Å². The molecule has 24 heavy (non-hydrogen) atoms. The lowest BCUT2D eigenvalue weighted by Gasteiger charge is -2.05. The predicted octanol–water partition coefficient (Wildman–Crippen LogP) is 1.25. The highest BCUT2D eigenvalue weighted by molar-refractivity contribution is 5.93. The molecular weight excluding hydrogens is 336 g/mol. The number of amides is 1. The molecule has 130 valence electrons. The van der Waals surface area contributed by atoms with Crippen molar-refractivity contribution in [3.8, 4) is 5.69 Å². The third kappa shape index (κ3) is 4.49. The van der Waals surface area contributed by atoms with Crippen molar-refractivity contribution in [2.75, 3.05) is 19.6 Å². The molecule has 0 aliphatic carbocycles. The van der Waals surface area contributed by atoms with Gasteiger partial charge in [-0.3, -0.25) is 14.9 Å². The van der Waals surface area contributed by atoms with Crippen LogP contribution in [0.2, 0.25) is 0 Å². The first-order valence-corrected chi connectivity index (χ1v) is 7.20. The van der Waals surface area contributed by atoms with Crippen LogP contribution in [0.3, 0.4) is 0 Å². The third-order valence-electron chi connectivity index (χ3n) is 3.23. The molecule has 2 rings (SSSR count). The number of nitro benzene ring substituents is 1. The molecule has 0 spiro atoms. The monoisotopic (exact) mass is 354 g/mol. The molecular formula is C14H19ClN6O3. The van der Waals surface area contributed by atoms with Crippen LogP contribution in [0.5, 0.6) is 0 Å². The SMILES string of the molecule is CCNCCNC(=O)c1nnn(-c2cccc([N+](=O)[O-])c2)c1C.Cl. The van der Waals surface area contributed by atoms with Crippen LogP contribution in [0.15, 0.2) is 24.3 Å². The average Bonchev–Trinajstić information content (AvgIpc) is 2.93. The fourth-order valence-corrected chi connectivity index (χ4v) is 2.05. The number of likely N-dealkylation sites (N-methyl/N-ethyl adjacent to an activating group) is 1. The number of non-ortho nitro benzene ring substituents is 1. The van der Waals surface area contributed by atoms with E-state index in [-0.39, 0.29) is 29.7 Å². The first kappa shape index (κ1) is 19.5. The molecule has 0 radical (unpaired) electrons. The number of carbonyl (C=O) groups excluding carboxylic acids is 1. The molecule has 0 saturated heterocycles. The lowest BCUT2D eigenvalue weighted by atomic mass is 10.2. The number of benzene rings is 1. The smallest absolute Gasteiger partial charge is 0.273 e. The number of halogens is 1. The zero-order valence-electron chi connectivity index (χ0n) is 13.4. The minimum Gasteiger partial charge on any atom is -0.349 e. The summed E-state index contributed by atoms with van der Waals surface area (Å²) < 4.78 is 1.41. The van der Waals surface area contributed by atoms with E-state index in [0.717, 1.165) is 6.54 Å². The molecule has 0 aliphatic heterocycles. The van der Waals surface area contributed by atoms with Gasteiger partial charge in [0.2, 0.25) is 0 Å². The zero-order valence-corrected chi connectivity index (χ0v) is 14.2. The van der Waals surface area contributed by atoms with Crippen molar-refractivity contribution in [2.24, 2.45) is 0 Å². The second-order valence-corrected chi connectivity index (χ2v) is 4.82. The van der Waals surface area contributed by atoms with Gasteiger partial charge in [0.05, 0.1) is 16.3 Å². The zero-order chi connectivity index (χ0) is 16.8. The van der Waals surface area contributed by atoms with Crippen molar-refractivity contribution in [2.45, 2.75) is 13.8 Å². The van der Waals surface area contributed by atoms with E-state index in [2.05, 4.69) is 20.9 Å². The second-order valence-electron chi connectivity index (χ2n) is 4.82. The van der Waals surface area contributed by atoms with Gasteiger partial charge >= 0.3 is 0 Å². The summed E-state index contributed by atoms with van der Waals surface area (Å²) in [5.74, 6) is -0.322. The number of nitrogens with zero attached hydrogens (tertiary/aromatic N) is 4. The second kappa shape index (κ2) is 8.94. The number of hydrogen-bond donors (Lipinski definition) is 2.